The normalized spacial score (nSPS) is 28.2. The van der Waals surface area contributed by atoms with E-state index < -0.39 is 11.0 Å². The number of non-ortho nitro benzene ring substituents is 1. The maximum Gasteiger partial charge on any atom is 0.407 e. The van der Waals surface area contributed by atoms with Crippen LogP contribution in [0.5, 0.6) is 0 Å². The fraction of sp³-hybridized carbons (Fsp3) is 0.588. The molecule has 2 N–H and O–H groups in total. The van der Waals surface area contributed by atoms with Crippen LogP contribution < -0.4 is 10.6 Å². The molecule has 1 amide bonds. The first-order valence-corrected chi connectivity index (χ1v) is 9.13. The van der Waals surface area contributed by atoms with Gasteiger partial charge in [-0.25, -0.2) is 4.79 Å². The second-order valence-electron chi connectivity index (χ2n) is 6.80. The Morgan fingerprint density at radius 2 is 1.92 bits per heavy atom. The number of nitro groups is 1. The van der Waals surface area contributed by atoms with Gasteiger partial charge in [0.25, 0.3) is 5.69 Å². The van der Waals surface area contributed by atoms with Crippen molar-refractivity contribution in [2.45, 2.75) is 62.1 Å². The summed E-state index contributed by atoms with van der Waals surface area (Å²) in [6.45, 7) is 0.288. The van der Waals surface area contributed by atoms with E-state index >= 15 is 0 Å². The highest BCUT2D eigenvalue weighted by Crippen LogP contribution is 2.29. The summed E-state index contributed by atoms with van der Waals surface area (Å²) in [6.07, 6.45) is 4.47. The van der Waals surface area contributed by atoms with Crippen LogP contribution in [0, 0.1) is 10.1 Å². The number of nitrogens with one attached hydrogen (secondary N) is 2. The number of carbonyl (C=O) groups is 1. The van der Waals surface area contributed by atoms with Crippen LogP contribution in [0.1, 0.15) is 37.7 Å². The van der Waals surface area contributed by atoms with Gasteiger partial charge in [-0.1, -0.05) is 12.1 Å². The number of ether oxygens (including phenoxy) is 1. The Kier molecular flexibility index (Phi) is 5.80. The summed E-state index contributed by atoms with van der Waals surface area (Å²) in [5.74, 6) is 0. The predicted molar refractivity (Wildman–Crippen MR) is 96.8 cm³/mol. The van der Waals surface area contributed by atoms with E-state index in [-0.39, 0.29) is 18.3 Å². The van der Waals surface area contributed by atoms with Crippen LogP contribution in [0.15, 0.2) is 24.3 Å². The van der Waals surface area contributed by atoms with Crippen LogP contribution >= 0.6 is 12.6 Å². The molecule has 0 bridgehead atoms. The standard InChI is InChI=1S/C17H23N3O4S/c21-17(18-10-11-1-4-14(5-2-11)20(22)23)24-15-6-3-12(7-15)19-13-8-16(25)9-13/h1-2,4-5,12-13,15-16,19,25H,3,6-10H2,(H,18,21)/t12-,13?,15-,16?/m1/s1. The van der Waals surface area contributed by atoms with Crippen molar-refractivity contribution in [3.05, 3.63) is 39.9 Å². The van der Waals surface area contributed by atoms with E-state index in [2.05, 4.69) is 23.3 Å². The molecule has 2 aliphatic rings. The smallest absolute Gasteiger partial charge is 0.407 e. The third-order valence-electron chi connectivity index (χ3n) is 4.83. The quantitative estimate of drug-likeness (QED) is 0.409. The molecule has 1 aromatic carbocycles. The summed E-state index contributed by atoms with van der Waals surface area (Å²) in [7, 11) is 0. The van der Waals surface area contributed by atoms with E-state index in [1.807, 2.05) is 0 Å². The summed E-state index contributed by atoms with van der Waals surface area (Å²) in [4.78, 5) is 22.1. The average molecular weight is 365 g/mol. The van der Waals surface area contributed by atoms with Gasteiger partial charge in [-0.3, -0.25) is 10.1 Å². The number of amides is 1. The SMILES string of the molecule is O=C(NCc1ccc([N+](=O)[O-])cc1)O[C@@H]1CC[C@@H](NC2CC(S)C2)C1. The maximum atomic E-state index is 11.9. The van der Waals surface area contributed by atoms with Gasteiger partial charge >= 0.3 is 6.09 Å². The molecule has 2 aliphatic carbocycles. The van der Waals surface area contributed by atoms with Crippen molar-refractivity contribution in [3.8, 4) is 0 Å². The van der Waals surface area contributed by atoms with Crippen molar-refractivity contribution in [2.24, 2.45) is 0 Å². The van der Waals surface area contributed by atoms with Gasteiger partial charge in [0.2, 0.25) is 0 Å². The molecule has 0 spiro atoms. The fourth-order valence-corrected chi connectivity index (χ4v) is 3.87. The van der Waals surface area contributed by atoms with Gasteiger partial charge < -0.3 is 15.4 Å². The predicted octanol–water partition coefficient (Wildman–Crippen LogP) is 2.79. The Hall–Kier alpha value is -1.80. The molecule has 0 aromatic heterocycles. The molecular weight excluding hydrogens is 342 g/mol. The molecular formula is C17H23N3O4S. The second-order valence-corrected chi connectivity index (χ2v) is 7.53. The Morgan fingerprint density at radius 1 is 1.20 bits per heavy atom. The molecule has 25 heavy (non-hydrogen) atoms. The van der Waals surface area contributed by atoms with Crippen molar-refractivity contribution < 1.29 is 14.5 Å². The third-order valence-corrected chi connectivity index (χ3v) is 5.25. The van der Waals surface area contributed by atoms with Crippen LogP contribution in [0.3, 0.4) is 0 Å². The summed E-state index contributed by atoms with van der Waals surface area (Å²) in [5, 5.41) is 17.4. The van der Waals surface area contributed by atoms with Crippen molar-refractivity contribution in [1.29, 1.82) is 0 Å². The van der Waals surface area contributed by atoms with Crippen LogP contribution in [0.4, 0.5) is 10.5 Å². The van der Waals surface area contributed by atoms with Gasteiger partial charge in [-0.2, -0.15) is 12.6 Å². The highest BCUT2D eigenvalue weighted by Gasteiger charge is 2.32. The van der Waals surface area contributed by atoms with Crippen molar-refractivity contribution in [3.63, 3.8) is 0 Å². The first kappa shape index (κ1) is 18.0. The molecule has 2 atom stereocenters. The lowest BCUT2D eigenvalue weighted by atomic mass is 9.91. The summed E-state index contributed by atoms with van der Waals surface area (Å²) < 4.78 is 5.47. The van der Waals surface area contributed by atoms with Crippen LogP contribution in [-0.2, 0) is 11.3 Å². The second kappa shape index (κ2) is 8.05. The zero-order valence-electron chi connectivity index (χ0n) is 13.9. The molecule has 8 heteroatoms. The highest BCUT2D eigenvalue weighted by atomic mass is 32.1. The number of hydrogen-bond acceptors (Lipinski definition) is 6. The summed E-state index contributed by atoms with van der Waals surface area (Å²) in [6, 6.07) is 7.07. The Labute approximate surface area is 152 Å². The minimum Gasteiger partial charge on any atom is -0.446 e. The van der Waals surface area contributed by atoms with Crippen molar-refractivity contribution in [1.82, 2.24) is 10.6 Å². The number of nitrogens with zero attached hydrogens (tertiary/aromatic N) is 1. The van der Waals surface area contributed by atoms with Crippen LogP contribution in [-0.4, -0.2) is 34.5 Å². The summed E-state index contributed by atoms with van der Waals surface area (Å²) in [5.41, 5.74) is 0.825. The lowest BCUT2D eigenvalue weighted by Crippen LogP contribution is -2.46. The lowest BCUT2D eigenvalue weighted by molar-refractivity contribution is -0.384. The highest BCUT2D eigenvalue weighted by molar-refractivity contribution is 7.81. The van der Waals surface area contributed by atoms with Gasteiger partial charge in [0.1, 0.15) is 6.10 Å². The number of nitro benzene ring substituents is 1. The van der Waals surface area contributed by atoms with Gasteiger partial charge in [0.05, 0.1) is 4.92 Å². The van der Waals surface area contributed by atoms with E-state index in [1.165, 1.54) is 12.1 Å². The Morgan fingerprint density at radius 3 is 2.56 bits per heavy atom. The number of thiol groups is 1. The zero-order valence-corrected chi connectivity index (χ0v) is 14.8. The molecule has 0 unspecified atom stereocenters. The van der Waals surface area contributed by atoms with E-state index in [9.17, 15) is 14.9 Å². The monoisotopic (exact) mass is 365 g/mol. The third kappa shape index (κ3) is 5.09. The molecule has 7 nitrogen and oxygen atoms in total. The van der Waals surface area contributed by atoms with Gasteiger partial charge in [0.15, 0.2) is 0 Å². The van der Waals surface area contributed by atoms with E-state index in [1.54, 1.807) is 12.1 Å². The van der Waals surface area contributed by atoms with Gasteiger partial charge in [0, 0.05) is 36.0 Å². The number of rotatable bonds is 6. The van der Waals surface area contributed by atoms with Gasteiger partial charge in [-0.15, -0.1) is 0 Å². The first-order valence-electron chi connectivity index (χ1n) is 8.61. The zero-order chi connectivity index (χ0) is 17.8. The molecule has 0 saturated heterocycles. The molecule has 0 heterocycles. The van der Waals surface area contributed by atoms with Crippen LogP contribution in [0.2, 0.25) is 0 Å². The van der Waals surface area contributed by atoms with Crippen LogP contribution in [0.25, 0.3) is 0 Å². The molecule has 0 aliphatic heterocycles. The molecule has 2 fully saturated rings. The Bertz CT molecular complexity index is 619. The minimum atomic E-state index is -0.448. The fourth-order valence-electron chi connectivity index (χ4n) is 3.36. The van der Waals surface area contributed by atoms with Crippen molar-refractivity contribution >= 4 is 24.4 Å². The number of carbonyl (C=O) groups excluding carboxylic acids is 1. The molecule has 136 valence electrons. The lowest BCUT2D eigenvalue weighted by Gasteiger charge is -2.35. The number of alkyl carbamates (subject to hydrolysis) is 1. The molecule has 3 rings (SSSR count). The van der Waals surface area contributed by atoms with Gasteiger partial charge in [-0.05, 0) is 37.7 Å². The molecule has 0 radical (unpaired) electrons. The number of hydrogen-bond donors (Lipinski definition) is 3. The topological polar surface area (TPSA) is 93.5 Å². The van der Waals surface area contributed by atoms with Crippen molar-refractivity contribution in [2.75, 3.05) is 0 Å². The molecule has 1 aromatic rings. The largest absolute Gasteiger partial charge is 0.446 e. The first-order chi connectivity index (χ1) is 12.0. The van der Waals surface area contributed by atoms with E-state index in [4.69, 9.17) is 4.74 Å². The summed E-state index contributed by atoms with van der Waals surface area (Å²) >= 11 is 4.42. The maximum absolute atomic E-state index is 11.9. The average Bonchev–Trinajstić information content (AvgIpc) is 2.99. The number of benzene rings is 1. The van der Waals surface area contributed by atoms with E-state index in [0.717, 1.165) is 37.7 Å². The minimum absolute atomic E-state index is 0.0338. The Balaban J connectivity index is 1.36. The van der Waals surface area contributed by atoms with E-state index in [0.29, 0.717) is 17.3 Å². The molecule has 2 saturated carbocycles.